The van der Waals surface area contributed by atoms with E-state index in [4.69, 9.17) is 16.0 Å². The SMILES string of the molecule is CC(C)[Si](OC1CCC(CO)(Nc2ncncc2C(=O)c2cc([C@@H](c3cccc(Cl)c3)N(C)C)cs2)C1)(C(C)C)C(C)C. The van der Waals surface area contributed by atoms with Gasteiger partial charge in [-0.05, 0) is 84.7 Å². The molecule has 2 unspecified atom stereocenters. The average molecular weight is 643 g/mol. The number of aliphatic hydroxyl groups excluding tert-OH is 1. The van der Waals surface area contributed by atoms with Crippen LogP contribution in [0.25, 0.3) is 0 Å². The summed E-state index contributed by atoms with van der Waals surface area (Å²) in [6.07, 6.45) is 5.32. The number of rotatable bonds is 13. The second-order valence-electron chi connectivity index (χ2n) is 13.1. The lowest BCUT2D eigenvalue weighted by molar-refractivity contribution is 0.104. The van der Waals surface area contributed by atoms with Crippen LogP contribution in [0.2, 0.25) is 21.6 Å². The molecule has 0 bridgehead atoms. The van der Waals surface area contributed by atoms with Crippen molar-refractivity contribution < 1.29 is 14.3 Å². The van der Waals surface area contributed by atoms with Crippen molar-refractivity contribution in [1.29, 1.82) is 0 Å². The highest BCUT2D eigenvalue weighted by molar-refractivity contribution is 7.12. The number of ketones is 1. The summed E-state index contributed by atoms with van der Waals surface area (Å²) in [5.41, 5.74) is 3.30. The first-order valence-corrected chi connectivity index (χ1v) is 18.6. The Morgan fingerprint density at radius 2 is 1.86 bits per heavy atom. The fourth-order valence-corrected chi connectivity index (χ4v) is 13.9. The Hall–Kier alpha value is -2.14. The van der Waals surface area contributed by atoms with Crippen LogP contribution in [-0.4, -0.2) is 66.4 Å². The van der Waals surface area contributed by atoms with Crippen molar-refractivity contribution in [2.24, 2.45) is 0 Å². The molecule has 3 aromatic rings. The number of hydrogen-bond donors (Lipinski definition) is 2. The normalized spacial score (nSPS) is 20.0. The quantitative estimate of drug-likeness (QED) is 0.144. The number of benzene rings is 1. The molecule has 0 radical (unpaired) electrons. The number of thiophene rings is 1. The number of anilines is 1. The van der Waals surface area contributed by atoms with Gasteiger partial charge >= 0.3 is 0 Å². The lowest BCUT2D eigenvalue weighted by Gasteiger charge is -2.44. The number of hydrogen-bond acceptors (Lipinski definition) is 8. The van der Waals surface area contributed by atoms with Crippen molar-refractivity contribution in [2.75, 3.05) is 26.0 Å². The minimum absolute atomic E-state index is 0.0487. The van der Waals surface area contributed by atoms with E-state index in [0.717, 1.165) is 24.0 Å². The predicted molar refractivity (Wildman–Crippen MR) is 180 cm³/mol. The highest BCUT2D eigenvalue weighted by Crippen LogP contribution is 2.46. The van der Waals surface area contributed by atoms with Crippen LogP contribution in [-0.2, 0) is 4.43 Å². The van der Waals surface area contributed by atoms with Gasteiger partial charge in [0.25, 0.3) is 0 Å². The molecule has 0 amide bonds. The second kappa shape index (κ2) is 13.9. The first-order chi connectivity index (χ1) is 20.3. The van der Waals surface area contributed by atoms with Gasteiger partial charge in [0.1, 0.15) is 12.1 Å². The monoisotopic (exact) mass is 642 g/mol. The molecule has 1 saturated carbocycles. The number of carbonyl (C=O) groups is 1. The van der Waals surface area contributed by atoms with E-state index in [1.54, 1.807) is 6.20 Å². The highest BCUT2D eigenvalue weighted by Gasteiger charge is 2.49. The van der Waals surface area contributed by atoms with E-state index < -0.39 is 13.9 Å². The summed E-state index contributed by atoms with van der Waals surface area (Å²) in [4.78, 5) is 25.3. The Morgan fingerprint density at radius 1 is 1.16 bits per heavy atom. The lowest BCUT2D eigenvalue weighted by atomic mass is 9.97. The van der Waals surface area contributed by atoms with Crippen LogP contribution in [0, 0.1) is 0 Å². The largest absolute Gasteiger partial charge is 0.413 e. The molecule has 43 heavy (non-hydrogen) atoms. The number of nitrogens with zero attached hydrogens (tertiary/aromatic N) is 3. The van der Waals surface area contributed by atoms with Gasteiger partial charge in [0.15, 0.2) is 0 Å². The number of aromatic nitrogens is 2. The van der Waals surface area contributed by atoms with Crippen LogP contribution in [0.5, 0.6) is 0 Å². The van der Waals surface area contributed by atoms with Crippen LogP contribution in [0.4, 0.5) is 5.82 Å². The summed E-state index contributed by atoms with van der Waals surface area (Å²) < 4.78 is 7.09. The van der Waals surface area contributed by atoms with Gasteiger partial charge in [0.2, 0.25) is 14.1 Å². The smallest absolute Gasteiger partial charge is 0.208 e. The molecule has 1 fully saturated rings. The Bertz CT molecular complexity index is 1380. The molecule has 2 N–H and O–H groups in total. The van der Waals surface area contributed by atoms with Gasteiger partial charge < -0.3 is 14.8 Å². The van der Waals surface area contributed by atoms with Gasteiger partial charge in [-0.3, -0.25) is 9.69 Å². The van der Waals surface area contributed by atoms with Gasteiger partial charge in [-0.1, -0.05) is 65.3 Å². The summed E-state index contributed by atoms with van der Waals surface area (Å²) in [6, 6.07) is 9.71. The van der Waals surface area contributed by atoms with E-state index in [2.05, 4.69) is 61.7 Å². The molecule has 0 aliphatic heterocycles. The molecule has 4 rings (SSSR count). The van der Waals surface area contributed by atoms with Crippen molar-refractivity contribution in [1.82, 2.24) is 14.9 Å². The van der Waals surface area contributed by atoms with E-state index in [1.807, 2.05) is 49.8 Å². The molecule has 7 nitrogen and oxygen atoms in total. The summed E-state index contributed by atoms with van der Waals surface area (Å²) in [5, 5.41) is 16.9. The highest BCUT2D eigenvalue weighted by atomic mass is 35.5. The first-order valence-electron chi connectivity index (χ1n) is 15.3. The zero-order valence-electron chi connectivity index (χ0n) is 26.7. The van der Waals surface area contributed by atoms with Crippen molar-refractivity contribution in [3.63, 3.8) is 0 Å². The molecule has 2 aromatic heterocycles. The van der Waals surface area contributed by atoms with Gasteiger partial charge in [0.05, 0.1) is 28.6 Å². The zero-order valence-corrected chi connectivity index (χ0v) is 29.3. The third-order valence-corrected chi connectivity index (χ3v) is 16.5. The van der Waals surface area contributed by atoms with Gasteiger partial charge in [-0.25, -0.2) is 9.97 Å². The van der Waals surface area contributed by atoms with E-state index in [0.29, 0.717) is 44.3 Å². The molecule has 234 valence electrons. The summed E-state index contributed by atoms with van der Waals surface area (Å²) in [6.45, 7) is 13.7. The Kier molecular flexibility index (Phi) is 10.9. The minimum atomic E-state index is -2.07. The Morgan fingerprint density at radius 3 is 2.47 bits per heavy atom. The number of aliphatic hydroxyl groups is 1. The van der Waals surface area contributed by atoms with Crippen LogP contribution in [0.15, 0.2) is 48.2 Å². The van der Waals surface area contributed by atoms with E-state index in [9.17, 15) is 9.90 Å². The van der Waals surface area contributed by atoms with Gasteiger partial charge in [-0.2, -0.15) is 0 Å². The third kappa shape index (κ3) is 7.07. The van der Waals surface area contributed by atoms with Gasteiger partial charge in [-0.15, -0.1) is 11.3 Å². The Labute approximate surface area is 267 Å². The zero-order chi connectivity index (χ0) is 31.5. The fraction of sp³-hybridized carbons (Fsp3) is 0.545. The molecule has 1 aliphatic rings. The molecule has 1 aromatic carbocycles. The molecule has 2 heterocycles. The van der Waals surface area contributed by atoms with Crippen LogP contribution in [0.3, 0.4) is 0 Å². The van der Waals surface area contributed by atoms with E-state index >= 15 is 0 Å². The molecule has 0 spiro atoms. The van der Waals surface area contributed by atoms with Crippen LogP contribution >= 0.6 is 22.9 Å². The molecular weight excluding hydrogens is 596 g/mol. The Balaban J connectivity index is 1.57. The molecule has 1 aliphatic carbocycles. The fourth-order valence-electron chi connectivity index (χ4n) is 7.23. The van der Waals surface area contributed by atoms with Crippen molar-refractivity contribution in [2.45, 2.75) is 95.1 Å². The van der Waals surface area contributed by atoms with Gasteiger partial charge in [0, 0.05) is 17.3 Å². The first kappa shape index (κ1) is 33.7. The second-order valence-corrected chi connectivity index (χ2v) is 19.9. The maximum absolute atomic E-state index is 13.9. The molecular formula is C33H47ClN4O3SSi. The van der Waals surface area contributed by atoms with E-state index in [1.165, 1.54) is 17.7 Å². The topological polar surface area (TPSA) is 87.6 Å². The maximum atomic E-state index is 13.9. The number of halogens is 1. The summed E-state index contributed by atoms with van der Waals surface area (Å²) in [7, 11) is 1.95. The molecule has 0 saturated heterocycles. The number of nitrogens with one attached hydrogen (secondary N) is 1. The maximum Gasteiger partial charge on any atom is 0.208 e. The van der Waals surface area contributed by atoms with Crippen molar-refractivity contribution in [3.8, 4) is 0 Å². The van der Waals surface area contributed by atoms with Crippen LogP contribution in [0.1, 0.15) is 93.2 Å². The lowest BCUT2D eigenvalue weighted by Crippen LogP contribution is -2.50. The van der Waals surface area contributed by atoms with Crippen LogP contribution < -0.4 is 5.32 Å². The van der Waals surface area contributed by atoms with E-state index in [-0.39, 0.29) is 24.5 Å². The number of carbonyl (C=O) groups excluding carboxylic acids is 1. The predicted octanol–water partition coefficient (Wildman–Crippen LogP) is 7.96. The molecule has 10 heteroatoms. The van der Waals surface area contributed by atoms with Crippen molar-refractivity contribution >= 4 is 42.9 Å². The average Bonchev–Trinajstić information content (AvgIpc) is 3.59. The minimum Gasteiger partial charge on any atom is -0.413 e. The van der Waals surface area contributed by atoms with Crippen molar-refractivity contribution in [3.05, 3.63) is 74.8 Å². The standard InChI is InChI=1S/C33H47ClN4O3SSi/c1-21(2)43(22(3)4,23(5)6)41-27-12-13-33(16-27,19-39)37-32-28(17-35-20-36-32)31(40)29-15-25(18-42-29)30(38(7)8)24-10-9-11-26(34)14-24/h9-11,14-15,17-18,20-23,27,30,39H,12-13,16,19H2,1-8H3,(H,35,36,37)/t27?,30-,33?/m1/s1. The third-order valence-electron chi connectivity index (χ3n) is 9.12. The summed E-state index contributed by atoms with van der Waals surface area (Å²) in [5.74, 6) is 0.302. The molecule has 3 atom stereocenters. The summed E-state index contributed by atoms with van der Waals surface area (Å²) >= 11 is 7.71.